The first-order chi connectivity index (χ1) is 8.24. The van der Waals surface area contributed by atoms with Crippen molar-refractivity contribution in [3.8, 4) is 5.75 Å². The van der Waals surface area contributed by atoms with E-state index in [0.29, 0.717) is 0 Å². The van der Waals surface area contributed by atoms with Crippen molar-refractivity contribution < 1.29 is 22.7 Å². The molecule has 1 unspecified atom stereocenters. The van der Waals surface area contributed by atoms with E-state index in [2.05, 4.69) is 15.9 Å². The standard InChI is InChI=1S/C11H10BrF3O2S/c1-6(12)10(16)8-5-7(18-11(13,14)15)3-4-9(8)17-2/h3-6H,1-2H3. The van der Waals surface area contributed by atoms with Crippen molar-refractivity contribution in [1.82, 2.24) is 0 Å². The molecule has 0 bridgehead atoms. The van der Waals surface area contributed by atoms with Gasteiger partial charge in [-0.05, 0) is 36.9 Å². The molecule has 2 nitrogen and oxygen atoms in total. The predicted octanol–water partition coefficient (Wildman–Crippen LogP) is 4.27. The minimum absolute atomic E-state index is 0.0419. The maximum absolute atomic E-state index is 12.3. The first kappa shape index (κ1) is 15.4. The average molecular weight is 343 g/mol. The number of carbonyl (C=O) groups is 1. The molecule has 7 heteroatoms. The fourth-order valence-electron chi connectivity index (χ4n) is 1.29. The van der Waals surface area contributed by atoms with Gasteiger partial charge in [-0.2, -0.15) is 13.2 Å². The molecule has 0 aliphatic heterocycles. The van der Waals surface area contributed by atoms with E-state index in [1.807, 2.05) is 0 Å². The number of ether oxygens (including phenoxy) is 1. The molecule has 1 aromatic rings. The first-order valence-electron chi connectivity index (χ1n) is 4.86. The van der Waals surface area contributed by atoms with Gasteiger partial charge in [0.15, 0.2) is 5.78 Å². The zero-order chi connectivity index (χ0) is 13.9. The zero-order valence-electron chi connectivity index (χ0n) is 9.55. The normalized spacial score (nSPS) is 13.2. The Morgan fingerprint density at radius 1 is 1.44 bits per heavy atom. The number of hydrogen-bond acceptors (Lipinski definition) is 3. The Morgan fingerprint density at radius 2 is 2.06 bits per heavy atom. The van der Waals surface area contributed by atoms with Crippen molar-refractivity contribution in [3.05, 3.63) is 23.8 Å². The van der Waals surface area contributed by atoms with E-state index in [4.69, 9.17) is 4.74 Å². The van der Waals surface area contributed by atoms with Gasteiger partial charge in [-0.1, -0.05) is 15.9 Å². The summed E-state index contributed by atoms with van der Waals surface area (Å²) in [5, 5.41) is 0. The van der Waals surface area contributed by atoms with Gasteiger partial charge < -0.3 is 4.74 Å². The predicted molar refractivity (Wildman–Crippen MR) is 67.6 cm³/mol. The minimum Gasteiger partial charge on any atom is -0.496 e. The SMILES string of the molecule is COc1ccc(SC(F)(F)F)cc1C(=O)C(C)Br. The lowest BCUT2D eigenvalue weighted by atomic mass is 10.1. The Labute approximate surface area is 115 Å². The Balaban J connectivity index is 3.14. The molecule has 0 heterocycles. The van der Waals surface area contributed by atoms with Crippen molar-refractivity contribution in [2.45, 2.75) is 22.2 Å². The van der Waals surface area contributed by atoms with E-state index >= 15 is 0 Å². The van der Waals surface area contributed by atoms with Gasteiger partial charge in [0.25, 0.3) is 0 Å². The number of thioether (sulfide) groups is 1. The fraction of sp³-hybridized carbons (Fsp3) is 0.364. The number of Topliss-reactive ketones (excluding diaryl/α,β-unsaturated/α-hetero) is 1. The molecule has 0 radical (unpaired) electrons. The van der Waals surface area contributed by atoms with Crippen molar-refractivity contribution in [1.29, 1.82) is 0 Å². The van der Waals surface area contributed by atoms with Crippen LogP contribution in [0.2, 0.25) is 0 Å². The summed E-state index contributed by atoms with van der Waals surface area (Å²) in [7, 11) is 1.36. The number of ketones is 1. The quantitative estimate of drug-likeness (QED) is 0.464. The molecule has 0 saturated carbocycles. The maximum Gasteiger partial charge on any atom is 0.446 e. The van der Waals surface area contributed by atoms with Crippen molar-refractivity contribution in [2.24, 2.45) is 0 Å². The highest BCUT2D eigenvalue weighted by Crippen LogP contribution is 2.38. The van der Waals surface area contributed by atoms with Crippen LogP contribution in [-0.2, 0) is 0 Å². The van der Waals surface area contributed by atoms with E-state index < -0.39 is 10.3 Å². The van der Waals surface area contributed by atoms with E-state index in [1.54, 1.807) is 6.92 Å². The molecule has 0 fully saturated rings. The lowest BCUT2D eigenvalue weighted by molar-refractivity contribution is -0.0328. The fourth-order valence-corrected chi connectivity index (χ4v) is 2.12. The molecule has 0 aliphatic carbocycles. The number of alkyl halides is 4. The molecule has 0 aliphatic rings. The third kappa shape index (κ3) is 4.20. The van der Waals surface area contributed by atoms with Crippen LogP contribution in [0, 0.1) is 0 Å². The Bertz CT molecular complexity index is 446. The van der Waals surface area contributed by atoms with E-state index in [1.165, 1.54) is 25.3 Å². The highest BCUT2D eigenvalue weighted by molar-refractivity contribution is 9.10. The topological polar surface area (TPSA) is 26.3 Å². The Hall–Kier alpha value is -0.690. The van der Waals surface area contributed by atoms with Crippen molar-refractivity contribution in [2.75, 3.05) is 7.11 Å². The lowest BCUT2D eigenvalue weighted by Gasteiger charge is -2.12. The van der Waals surface area contributed by atoms with Gasteiger partial charge >= 0.3 is 5.51 Å². The van der Waals surface area contributed by atoms with Gasteiger partial charge in [0.2, 0.25) is 0 Å². The zero-order valence-corrected chi connectivity index (χ0v) is 11.9. The number of rotatable bonds is 4. The largest absolute Gasteiger partial charge is 0.496 e. The van der Waals surface area contributed by atoms with Crippen LogP contribution in [0.4, 0.5) is 13.2 Å². The molecule has 1 atom stereocenters. The Morgan fingerprint density at radius 3 is 2.50 bits per heavy atom. The molecule has 18 heavy (non-hydrogen) atoms. The van der Waals surface area contributed by atoms with Gasteiger partial charge in [-0.3, -0.25) is 4.79 Å². The number of hydrogen-bond donors (Lipinski definition) is 0. The van der Waals surface area contributed by atoms with Crippen LogP contribution in [0.25, 0.3) is 0 Å². The number of halogens is 4. The van der Waals surface area contributed by atoms with Gasteiger partial charge in [-0.15, -0.1) is 0 Å². The summed E-state index contributed by atoms with van der Waals surface area (Å²) in [4.78, 5) is 11.3. The van der Waals surface area contributed by atoms with E-state index in [0.717, 1.165) is 0 Å². The highest BCUT2D eigenvalue weighted by Gasteiger charge is 2.30. The van der Waals surface area contributed by atoms with Gasteiger partial charge in [0, 0.05) is 4.90 Å². The van der Waals surface area contributed by atoms with Crippen molar-refractivity contribution in [3.63, 3.8) is 0 Å². The minimum atomic E-state index is -4.38. The third-order valence-electron chi connectivity index (χ3n) is 2.03. The van der Waals surface area contributed by atoms with E-state index in [9.17, 15) is 18.0 Å². The van der Waals surface area contributed by atoms with Crippen LogP contribution in [0.1, 0.15) is 17.3 Å². The molecule has 1 rings (SSSR count). The second-order valence-corrected chi connectivity index (χ2v) is 5.90. The Kier molecular flexibility index (Phi) is 5.10. The van der Waals surface area contributed by atoms with Crippen LogP contribution in [0.3, 0.4) is 0 Å². The molecule has 1 aromatic carbocycles. The van der Waals surface area contributed by atoms with Crippen molar-refractivity contribution >= 4 is 33.5 Å². The molecular weight excluding hydrogens is 333 g/mol. The average Bonchev–Trinajstić information content (AvgIpc) is 2.25. The molecule has 100 valence electrons. The summed E-state index contributed by atoms with van der Waals surface area (Å²) in [6.07, 6.45) is 0. The van der Waals surface area contributed by atoms with Gasteiger partial charge in [0.1, 0.15) is 5.75 Å². The lowest BCUT2D eigenvalue weighted by Crippen LogP contribution is -2.12. The van der Waals surface area contributed by atoms with Crippen LogP contribution >= 0.6 is 27.7 Å². The summed E-state index contributed by atoms with van der Waals surface area (Å²) < 4.78 is 41.7. The van der Waals surface area contributed by atoms with Crippen LogP contribution < -0.4 is 4.74 Å². The molecular formula is C11H10BrF3O2S. The number of benzene rings is 1. The second kappa shape index (κ2) is 5.97. The molecule has 0 saturated heterocycles. The smallest absolute Gasteiger partial charge is 0.446 e. The molecule has 0 amide bonds. The van der Waals surface area contributed by atoms with E-state index in [-0.39, 0.29) is 33.8 Å². The summed E-state index contributed by atoms with van der Waals surface area (Å²) in [6.45, 7) is 1.60. The third-order valence-corrected chi connectivity index (χ3v) is 3.17. The molecule has 0 N–H and O–H groups in total. The number of methoxy groups -OCH3 is 1. The monoisotopic (exact) mass is 342 g/mol. The summed E-state index contributed by atoms with van der Waals surface area (Å²) in [5.41, 5.74) is -4.24. The van der Waals surface area contributed by atoms with Gasteiger partial charge in [0.05, 0.1) is 17.5 Å². The highest BCUT2D eigenvalue weighted by atomic mass is 79.9. The number of carbonyl (C=O) groups excluding carboxylic acids is 1. The molecule has 0 aromatic heterocycles. The van der Waals surface area contributed by atoms with Crippen LogP contribution in [-0.4, -0.2) is 23.2 Å². The van der Waals surface area contributed by atoms with Crippen LogP contribution in [0.5, 0.6) is 5.75 Å². The summed E-state index contributed by atoms with van der Waals surface area (Å²) >= 11 is 2.83. The van der Waals surface area contributed by atoms with Gasteiger partial charge in [-0.25, -0.2) is 0 Å². The second-order valence-electron chi connectivity index (χ2n) is 3.39. The summed E-state index contributed by atoms with van der Waals surface area (Å²) in [6, 6.07) is 3.82. The van der Waals surface area contributed by atoms with Crippen LogP contribution in [0.15, 0.2) is 23.1 Å². The summed E-state index contributed by atoms with van der Waals surface area (Å²) in [5.74, 6) is -0.0608. The molecule has 0 spiro atoms. The first-order valence-corrected chi connectivity index (χ1v) is 6.60. The maximum atomic E-state index is 12.3.